The first-order valence-corrected chi connectivity index (χ1v) is 7.93. The van der Waals surface area contributed by atoms with E-state index in [1.54, 1.807) is 36.7 Å². The van der Waals surface area contributed by atoms with Gasteiger partial charge < -0.3 is 10.4 Å². The number of aromatic carboxylic acids is 1. The lowest BCUT2D eigenvalue weighted by molar-refractivity contribution is 0.0697. The Morgan fingerprint density at radius 3 is 2.76 bits per heavy atom. The molecule has 0 fully saturated rings. The Morgan fingerprint density at radius 2 is 1.96 bits per heavy atom. The summed E-state index contributed by atoms with van der Waals surface area (Å²) >= 11 is 6.05. The van der Waals surface area contributed by atoms with Gasteiger partial charge in [0.05, 0.1) is 11.1 Å². The van der Waals surface area contributed by atoms with Gasteiger partial charge >= 0.3 is 5.97 Å². The highest BCUT2D eigenvalue weighted by atomic mass is 35.5. The quantitative estimate of drug-likeness (QED) is 0.516. The van der Waals surface area contributed by atoms with Crippen LogP contribution in [0.2, 0.25) is 5.02 Å². The van der Waals surface area contributed by atoms with Gasteiger partial charge in [-0.2, -0.15) is 0 Å². The summed E-state index contributed by atoms with van der Waals surface area (Å²) in [6.07, 6.45) is 3.42. The molecule has 0 saturated carbocycles. The molecule has 2 N–H and O–H groups in total. The third-order valence-electron chi connectivity index (χ3n) is 3.93. The maximum Gasteiger partial charge on any atom is 0.335 e. The number of fused-ring (bicyclic) bond motifs is 3. The van der Waals surface area contributed by atoms with Crippen molar-refractivity contribution < 1.29 is 9.90 Å². The minimum absolute atomic E-state index is 0.201. The number of hydrogen-bond donors (Lipinski definition) is 2. The molecule has 0 aliphatic carbocycles. The number of benzene rings is 2. The van der Waals surface area contributed by atoms with Crippen LogP contribution in [0.15, 0.2) is 60.9 Å². The van der Waals surface area contributed by atoms with Crippen LogP contribution in [0.4, 0.5) is 11.5 Å². The highest BCUT2D eigenvalue weighted by molar-refractivity contribution is 6.30. The fraction of sp³-hybridized carbons (Fsp3) is 0. The molecule has 0 spiro atoms. The minimum atomic E-state index is -0.979. The molecule has 0 atom stereocenters. The second-order valence-electron chi connectivity index (χ2n) is 5.55. The van der Waals surface area contributed by atoms with Crippen molar-refractivity contribution >= 4 is 50.8 Å². The lowest BCUT2D eigenvalue weighted by Crippen LogP contribution is -1.98. The summed E-state index contributed by atoms with van der Waals surface area (Å²) in [5, 5.41) is 15.7. The summed E-state index contributed by atoms with van der Waals surface area (Å²) in [5.74, 6) is -0.317. The summed E-state index contributed by atoms with van der Waals surface area (Å²) in [6, 6.07) is 14.1. The second kappa shape index (κ2) is 6.03. The molecule has 2 aromatic heterocycles. The number of pyridine rings is 2. The van der Waals surface area contributed by atoms with E-state index in [9.17, 15) is 4.79 Å². The summed E-state index contributed by atoms with van der Waals surface area (Å²) < 4.78 is 0. The van der Waals surface area contributed by atoms with Crippen molar-refractivity contribution in [1.29, 1.82) is 0 Å². The molecule has 2 heterocycles. The zero-order valence-electron chi connectivity index (χ0n) is 12.9. The zero-order valence-corrected chi connectivity index (χ0v) is 13.7. The van der Waals surface area contributed by atoms with E-state index in [0.717, 1.165) is 21.8 Å². The van der Waals surface area contributed by atoms with Crippen LogP contribution in [-0.2, 0) is 0 Å². The maximum absolute atomic E-state index is 11.2. The number of nitrogens with one attached hydrogen (secondary N) is 1. The second-order valence-corrected chi connectivity index (χ2v) is 5.99. The topological polar surface area (TPSA) is 75.1 Å². The molecule has 4 rings (SSSR count). The maximum atomic E-state index is 11.2. The predicted octanol–water partition coefficient (Wildman–Crippen LogP) is 4.88. The fourth-order valence-corrected chi connectivity index (χ4v) is 2.98. The van der Waals surface area contributed by atoms with Crippen molar-refractivity contribution in [3.05, 3.63) is 71.5 Å². The van der Waals surface area contributed by atoms with E-state index in [1.165, 1.54) is 0 Å². The third kappa shape index (κ3) is 2.86. The molecular weight excluding hydrogens is 338 g/mol. The van der Waals surface area contributed by atoms with Gasteiger partial charge in [-0.25, -0.2) is 9.78 Å². The van der Waals surface area contributed by atoms with Gasteiger partial charge in [-0.3, -0.25) is 4.98 Å². The standard InChI is InChI=1S/C19H12ClN3O2/c20-13-2-1-3-14(9-13)23-18-17-12(6-7-21-18)10-22-16-8-11(19(24)25)4-5-15(16)17/h1-10H,(H,21,23)(H,24,25). The molecule has 4 aromatic rings. The van der Waals surface area contributed by atoms with Gasteiger partial charge in [0.25, 0.3) is 0 Å². The van der Waals surface area contributed by atoms with Crippen LogP contribution in [0.5, 0.6) is 0 Å². The predicted molar refractivity (Wildman–Crippen MR) is 98.7 cm³/mol. The molecule has 0 radical (unpaired) electrons. The lowest BCUT2D eigenvalue weighted by Gasteiger charge is -2.11. The smallest absolute Gasteiger partial charge is 0.335 e. The molecule has 6 heteroatoms. The third-order valence-corrected chi connectivity index (χ3v) is 4.16. The lowest BCUT2D eigenvalue weighted by atomic mass is 10.1. The van der Waals surface area contributed by atoms with Crippen LogP contribution in [0, 0.1) is 0 Å². The molecule has 5 nitrogen and oxygen atoms in total. The number of nitrogens with zero attached hydrogens (tertiary/aromatic N) is 2. The van der Waals surface area contributed by atoms with Crippen LogP contribution in [-0.4, -0.2) is 21.0 Å². The van der Waals surface area contributed by atoms with E-state index in [-0.39, 0.29) is 5.56 Å². The van der Waals surface area contributed by atoms with E-state index in [0.29, 0.717) is 16.4 Å². The number of carboxylic acids is 1. The molecular formula is C19H12ClN3O2. The Kier molecular flexibility index (Phi) is 3.71. The fourth-order valence-electron chi connectivity index (χ4n) is 2.79. The van der Waals surface area contributed by atoms with Gasteiger partial charge in [-0.05, 0) is 36.4 Å². The number of halogens is 1. The number of rotatable bonds is 3. The van der Waals surface area contributed by atoms with E-state index in [2.05, 4.69) is 15.3 Å². The van der Waals surface area contributed by atoms with Crippen molar-refractivity contribution in [1.82, 2.24) is 9.97 Å². The van der Waals surface area contributed by atoms with E-state index in [1.807, 2.05) is 24.3 Å². The number of carbonyl (C=O) groups is 1. The molecule has 0 bridgehead atoms. The molecule has 0 aliphatic rings. The van der Waals surface area contributed by atoms with Gasteiger partial charge in [-0.1, -0.05) is 23.7 Å². The summed E-state index contributed by atoms with van der Waals surface area (Å²) in [6.45, 7) is 0. The molecule has 0 saturated heterocycles. The summed E-state index contributed by atoms with van der Waals surface area (Å²) in [7, 11) is 0. The van der Waals surface area contributed by atoms with Crippen molar-refractivity contribution in [2.45, 2.75) is 0 Å². The Morgan fingerprint density at radius 1 is 1.08 bits per heavy atom. The zero-order chi connectivity index (χ0) is 17.4. The Labute approximate surface area is 147 Å². The first-order valence-electron chi connectivity index (χ1n) is 7.55. The number of anilines is 2. The van der Waals surface area contributed by atoms with Crippen LogP contribution in [0.3, 0.4) is 0 Å². The van der Waals surface area contributed by atoms with E-state index < -0.39 is 5.97 Å². The van der Waals surface area contributed by atoms with Gasteiger partial charge in [0, 0.05) is 39.3 Å². The number of aromatic nitrogens is 2. The van der Waals surface area contributed by atoms with Crippen molar-refractivity contribution in [2.24, 2.45) is 0 Å². The molecule has 0 amide bonds. The Bertz CT molecular complexity index is 1130. The van der Waals surface area contributed by atoms with Crippen molar-refractivity contribution in [3.63, 3.8) is 0 Å². The van der Waals surface area contributed by atoms with Crippen molar-refractivity contribution in [3.8, 4) is 0 Å². The van der Waals surface area contributed by atoms with E-state index in [4.69, 9.17) is 16.7 Å². The first kappa shape index (κ1) is 15.4. The van der Waals surface area contributed by atoms with Gasteiger partial charge in [0.2, 0.25) is 0 Å². The Hall–Kier alpha value is -3.18. The molecule has 2 aromatic carbocycles. The highest BCUT2D eigenvalue weighted by Gasteiger charge is 2.11. The largest absolute Gasteiger partial charge is 0.478 e. The van der Waals surface area contributed by atoms with Crippen molar-refractivity contribution in [2.75, 3.05) is 5.32 Å². The van der Waals surface area contributed by atoms with E-state index >= 15 is 0 Å². The average molecular weight is 350 g/mol. The molecule has 25 heavy (non-hydrogen) atoms. The average Bonchev–Trinajstić information content (AvgIpc) is 2.61. The molecule has 122 valence electrons. The van der Waals surface area contributed by atoms with Crippen LogP contribution in [0.1, 0.15) is 10.4 Å². The van der Waals surface area contributed by atoms with Crippen LogP contribution >= 0.6 is 11.6 Å². The Balaban J connectivity index is 1.93. The summed E-state index contributed by atoms with van der Waals surface area (Å²) in [5.41, 5.74) is 1.63. The number of hydrogen-bond acceptors (Lipinski definition) is 4. The summed E-state index contributed by atoms with van der Waals surface area (Å²) in [4.78, 5) is 20.0. The van der Waals surface area contributed by atoms with Gasteiger partial charge in [0.15, 0.2) is 0 Å². The monoisotopic (exact) mass is 349 g/mol. The first-order chi connectivity index (χ1) is 12.1. The number of carboxylic acid groups (broad SMARTS) is 1. The van der Waals surface area contributed by atoms with Crippen LogP contribution in [0.25, 0.3) is 21.7 Å². The van der Waals surface area contributed by atoms with Crippen LogP contribution < -0.4 is 5.32 Å². The molecule has 0 unspecified atom stereocenters. The highest BCUT2D eigenvalue weighted by Crippen LogP contribution is 2.31. The van der Waals surface area contributed by atoms with Gasteiger partial charge in [-0.15, -0.1) is 0 Å². The molecule has 0 aliphatic heterocycles. The normalized spacial score (nSPS) is 10.9. The van der Waals surface area contributed by atoms with Gasteiger partial charge in [0.1, 0.15) is 5.82 Å². The minimum Gasteiger partial charge on any atom is -0.478 e. The SMILES string of the molecule is O=C(O)c1ccc2c(c1)ncc1ccnc(Nc3cccc(Cl)c3)c12.